The maximum atomic E-state index is 10.2. The predicted molar refractivity (Wildman–Crippen MR) is 174 cm³/mol. The SMILES string of the molecule is CNCC1=CC(c2ccccc2)Cc2c1ccc(O)c2O.COc1ccc2c(c1OC)CC(c1ccccc1)C=C2CN. The lowest BCUT2D eigenvalue weighted by atomic mass is 9.80. The molecule has 0 fully saturated rings. The molecule has 0 radical (unpaired) electrons. The van der Waals surface area contributed by atoms with Crippen LogP contribution in [0.2, 0.25) is 0 Å². The average molecular weight is 577 g/mol. The molecule has 0 bridgehead atoms. The largest absolute Gasteiger partial charge is 0.504 e. The molecule has 2 unspecified atom stereocenters. The monoisotopic (exact) mass is 576 g/mol. The molecule has 0 aromatic heterocycles. The minimum Gasteiger partial charge on any atom is -0.504 e. The van der Waals surface area contributed by atoms with Crippen LogP contribution in [0.4, 0.5) is 0 Å². The number of hydrogen-bond donors (Lipinski definition) is 4. The standard InChI is InChI=1S/C19H21NO2.C18H19NO2/c1-21-18-9-8-16-15(12-20)10-14(11-17(16)19(18)22-2)13-6-4-3-5-7-13;1-19-11-14-9-13(12-5-3-2-4-6-12)10-16-15(14)7-8-17(20)18(16)21/h3-10,14H,11-12,20H2,1-2H3;2-9,13,19-21H,10-11H2,1H3. The summed E-state index contributed by atoms with van der Waals surface area (Å²) in [5.41, 5.74) is 15.0. The maximum Gasteiger partial charge on any atom is 0.164 e. The van der Waals surface area contributed by atoms with E-state index in [0.717, 1.165) is 46.7 Å². The highest BCUT2D eigenvalue weighted by atomic mass is 16.5. The fourth-order valence-corrected chi connectivity index (χ4v) is 6.20. The highest BCUT2D eigenvalue weighted by Crippen LogP contribution is 2.44. The molecular formula is C37H40N2O4. The summed E-state index contributed by atoms with van der Waals surface area (Å²) >= 11 is 0. The molecule has 0 heterocycles. The van der Waals surface area contributed by atoms with Crippen LogP contribution in [0.5, 0.6) is 23.0 Å². The second-order valence-corrected chi connectivity index (χ2v) is 10.8. The van der Waals surface area contributed by atoms with E-state index >= 15 is 0 Å². The molecule has 0 amide bonds. The van der Waals surface area contributed by atoms with Gasteiger partial charge in [-0.1, -0.05) is 84.9 Å². The first kappa shape index (κ1) is 30.0. The number of nitrogens with two attached hydrogens (primary N) is 1. The maximum absolute atomic E-state index is 10.2. The van der Waals surface area contributed by atoms with Gasteiger partial charge in [-0.15, -0.1) is 0 Å². The van der Waals surface area contributed by atoms with Gasteiger partial charge in [0.1, 0.15) is 0 Å². The highest BCUT2D eigenvalue weighted by molar-refractivity contribution is 5.77. The molecule has 2 aliphatic rings. The van der Waals surface area contributed by atoms with Gasteiger partial charge in [0.2, 0.25) is 0 Å². The number of likely N-dealkylation sites (N-methyl/N-ethyl adjacent to an activating group) is 1. The molecule has 0 spiro atoms. The molecule has 2 aliphatic carbocycles. The molecule has 6 heteroatoms. The quantitative estimate of drug-likeness (QED) is 0.190. The van der Waals surface area contributed by atoms with E-state index in [4.69, 9.17) is 15.2 Å². The van der Waals surface area contributed by atoms with Crippen molar-refractivity contribution in [3.63, 3.8) is 0 Å². The zero-order valence-corrected chi connectivity index (χ0v) is 25.0. The number of benzene rings is 4. The Labute approximate surface area is 254 Å². The van der Waals surface area contributed by atoms with Crippen LogP contribution in [0.1, 0.15) is 45.2 Å². The van der Waals surface area contributed by atoms with E-state index in [1.54, 1.807) is 20.3 Å². The third kappa shape index (κ3) is 6.31. The van der Waals surface area contributed by atoms with Gasteiger partial charge >= 0.3 is 0 Å². The molecule has 2 atom stereocenters. The normalized spacial score (nSPS) is 16.9. The van der Waals surface area contributed by atoms with E-state index in [1.165, 1.54) is 22.3 Å². The van der Waals surface area contributed by atoms with E-state index in [2.05, 4.69) is 59.9 Å². The average Bonchev–Trinajstić information content (AvgIpc) is 3.06. The van der Waals surface area contributed by atoms with E-state index < -0.39 is 0 Å². The minimum atomic E-state index is -0.0498. The summed E-state index contributed by atoms with van der Waals surface area (Å²) in [4.78, 5) is 0. The summed E-state index contributed by atoms with van der Waals surface area (Å²) in [6, 6.07) is 28.2. The molecule has 4 aromatic carbocycles. The predicted octanol–water partition coefficient (Wildman–Crippen LogP) is 6.43. The van der Waals surface area contributed by atoms with E-state index in [1.807, 2.05) is 43.4 Å². The second kappa shape index (κ2) is 13.6. The van der Waals surface area contributed by atoms with Crippen LogP contribution in [0.3, 0.4) is 0 Å². The molecule has 6 rings (SSSR count). The highest BCUT2D eigenvalue weighted by Gasteiger charge is 2.26. The van der Waals surface area contributed by atoms with Crippen molar-refractivity contribution in [2.45, 2.75) is 24.7 Å². The van der Waals surface area contributed by atoms with E-state index in [9.17, 15) is 10.2 Å². The van der Waals surface area contributed by atoms with Crippen molar-refractivity contribution in [3.05, 3.63) is 130 Å². The van der Waals surface area contributed by atoms with Gasteiger partial charge in [-0.3, -0.25) is 0 Å². The van der Waals surface area contributed by atoms with Crippen LogP contribution in [-0.4, -0.2) is 44.6 Å². The number of aromatic hydroxyl groups is 2. The summed E-state index contributed by atoms with van der Waals surface area (Å²) in [7, 11) is 5.27. The summed E-state index contributed by atoms with van der Waals surface area (Å²) < 4.78 is 11.1. The van der Waals surface area contributed by atoms with Crippen molar-refractivity contribution in [1.82, 2.24) is 5.32 Å². The Morgan fingerprint density at radius 1 is 0.721 bits per heavy atom. The zero-order chi connectivity index (χ0) is 30.3. The molecule has 0 saturated carbocycles. The van der Waals surface area contributed by atoms with Gasteiger partial charge in [0.15, 0.2) is 23.0 Å². The molecule has 4 aromatic rings. The molecule has 0 aliphatic heterocycles. The Balaban J connectivity index is 0.000000171. The van der Waals surface area contributed by atoms with Crippen molar-refractivity contribution < 1.29 is 19.7 Å². The summed E-state index contributed by atoms with van der Waals surface area (Å²) in [6.07, 6.45) is 6.13. The number of nitrogens with one attached hydrogen (secondary N) is 1. The van der Waals surface area contributed by atoms with Gasteiger partial charge in [-0.05, 0) is 65.4 Å². The lowest BCUT2D eigenvalue weighted by Gasteiger charge is -2.26. The smallest absolute Gasteiger partial charge is 0.164 e. The van der Waals surface area contributed by atoms with Crippen molar-refractivity contribution >= 4 is 11.1 Å². The number of hydrogen-bond acceptors (Lipinski definition) is 6. The Bertz CT molecular complexity index is 1610. The summed E-state index contributed by atoms with van der Waals surface area (Å²) in [5, 5.41) is 23.1. The topological polar surface area (TPSA) is 97.0 Å². The van der Waals surface area contributed by atoms with Crippen molar-refractivity contribution in [2.75, 3.05) is 34.4 Å². The molecule has 0 saturated heterocycles. The molecular weight excluding hydrogens is 536 g/mol. The van der Waals surface area contributed by atoms with Crippen molar-refractivity contribution in [1.29, 1.82) is 0 Å². The molecule has 43 heavy (non-hydrogen) atoms. The molecule has 6 nitrogen and oxygen atoms in total. The van der Waals surface area contributed by atoms with Crippen LogP contribution >= 0.6 is 0 Å². The van der Waals surface area contributed by atoms with E-state index in [-0.39, 0.29) is 17.4 Å². The Morgan fingerprint density at radius 3 is 1.84 bits per heavy atom. The van der Waals surface area contributed by atoms with Crippen LogP contribution < -0.4 is 20.5 Å². The number of fused-ring (bicyclic) bond motifs is 2. The number of ether oxygens (including phenoxy) is 2. The Morgan fingerprint density at radius 2 is 1.28 bits per heavy atom. The summed E-state index contributed by atoms with van der Waals surface area (Å²) in [5.74, 6) is 2.08. The third-order valence-corrected chi connectivity index (χ3v) is 8.30. The minimum absolute atomic E-state index is 0.00938. The Hall–Kier alpha value is -4.52. The van der Waals surface area contributed by atoms with Crippen molar-refractivity contribution in [3.8, 4) is 23.0 Å². The van der Waals surface area contributed by atoms with E-state index in [0.29, 0.717) is 18.9 Å². The van der Waals surface area contributed by atoms with Gasteiger partial charge in [0, 0.05) is 36.1 Å². The van der Waals surface area contributed by atoms with Crippen LogP contribution in [-0.2, 0) is 12.8 Å². The second-order valence-electron chi connectivity index (χ2n) is 10.8. The lowest BCUT2D eigenvalue weighted by Crippen LogP contribution is -2.16. The number of phenols is 2. The molecule has 222 valence electrons. The van der Waals surface area contributed by atoms with Crippen LogP contribution in [0.15, 0.2) is 97.1 Å². The first-order valence-corrected chi connectivity index (χ1v) is 14.6. The van der Waals surface area contributed by atoms with Crippen LogP contribution in [0, 0.1) is 0 Å². The summed E-state index contributed by atoms with van der Waals surface area (Å²) in [6.45, 7) is 1.26. The van der Waals surface area contributed by atoms with Gasteiger partial charge in [0.05, 0.1) is 14.2 Å². The molecule has 5 N–H and O–H groups in total. The number of rotatable bonds is 7. The first-order valence-electron chi connectivity index (χ1n) is 14.6. The zero-order valence-electron chi connectivity index (χ0n) is 25.0. The lowest BCUT2D eigenvalue weighted by molar-refractivity contribution is 0.351. The fraction of sp³-hybridized carbons (Fsp3) is 0.243. The van der Waals surface area contributed by atoms with Gasteiger partial charge < -0.3 is 30.7 Å². The van der Waals surface area contributed by atoms with Gasteiger partial charge in [-0.25, -0.2) is 0 Å². The van der Waals surface area contributed by atoms with Gasteiger partial charge in [-0.2, -0.15) is 0 Å². The van der Waals surface area contributed by atoms with Gasteiger partial charge in [0.25, 0.3) is 0 Å². The number of phenolic OH excluding ortho intramolecular Hbond substituents is 2. The van der Waals surface area contributed by atoms with Crippen LogP contribution in [0.25, 0.3) is 11.1 Å². The third-order valence-electron chi connectivity index (χ3n) is 8.30. The Kier molecular flexibility index (Phi) is 9.50. The number of methoxy groups -OCH3 is 2. The number of allylic oxidation sites excluding steroid dienone is 2. The first-order chi connectivity index (χ1) is 21.0. The fourth-order valence-electron chi connectivity index (χ4n) is 6.20. The van der Waals surface area contributed by atoms with Crippen molar-refractivity contribution in [2.24, 2.45) is 5.73 Å².